The Morgan fingerprint density at radius 1 is 1.11 bits per heavy atom. The fraction of sp³-hybridized carbons (Fsp3) is 0.588. The van der Waals surface area contributed by atoms with Crippen LogP contribution in [0.15, 0.2) is 23.4 Å². The molecule has 2 fully saturated rings. The summed E-state index contributed by atoms with van der Waals surface area (Å²) in [6.45, 7) is 1.28. The Balaban J connectivity index is 2.08. The Kier molecular flexibility index (Phi) is 12.8. The van der Waals surface area contributed by atoms with Gasteiger partial charge in [-0.2, -0.15) is 13.2 Å². The van der Waals surface area contributed by atoms with Crippen molar-refractivity contribution in [1.29, 1.82) is 0 Å². The molecular weight excluding hydrogens is 588 g/mol. The minimum atomic E-state index is -5.24. The van der Waals surface area contributed by atoms with E-state index in [2.05, 4.69) is 9.63 Å². The molecule has 0 aromatic heterocycles. The molecule has 0 aromatic rings. The average Bonchev–Trinajstić information content (AvgIpc) is 3.08. The number of aliphatic hydroxyl groups is 2. The van der Waals surface area contributed by atoms with E-state index < -0.39 is 93.6 Å². The van der Waals surface area contributed by atoms with E-state index >= 15 is 0 Å². The van der Waals surface area contributed by atoms with Gasteiger partial charge >= 0.3 is 37.9 Å². The van der Waals surface area contributed by atoms with Gasteiger partial charge in [-0.15, -0.1) is 0 Å². The van der Waals surface area contributed by atoms with E-state index in [4.69, 9.17) is 17.9 Å². The van der Waals surface area contributed by atoms with Gasteiger partial charge in [0.25, 0.3) is 5.91 Å². The normalized spacial score (nSPS) is 29.9. The zero-order valence-corrected chi connectivity index (χ0v) is 22.3. The second-order valence-electron chi connectivity index (χ2n) is 7.71. The minimum Gasteiger partial charge on any atom is -0.387 e. The fourth-order valence-corrected chi connectivity index (χ4v) is 6.04. The predicted octanol–water partition coefficient (Wildman–Crippen LogP) is 0.282. The van der Waals surface area contributed by atoms with E-state index in [1.54, 1.807) is 13.8 Å². The van der Waals surface area contributed by atoms with E-state index in [0.717, 1.165) is 6.20 Å². The van der Waals surface area contributed by atoms with Crippen molar-refractivity contribution in [2.75, 3.05) is 19.7 Å². The number of allylic oxidation sites excluding steroid dienone is 1. The second-order valence-corrected chi connectivity index (χ2v) is 11.3. The quantitative estimate of drug-likeness (QED) is 0.0805. The van der Waals surface area contributed by atoms with Gasteiger partial charge in [-0.1, -0.05) is 11.6 Å². The molecule has 15 nitrogen and oxygen atoms in total. The topological polar surface area (TPSA) is 206 Å². The number of alkyl halides is 3. The molecule has 0 aromatic carbocycles. The highest BCUT2D eigenvalue weighted by Gasteiger charge is 2.46. The monoisotopic (exact) mass is 613 g/mol. The number of halogens is 3. The summed E-state index contributed by atoms with van der Waals surface area (Å²) >= 11 is 0. The first-order valence-electron chi connectivity index (χ1n) is 10.4. The van der Waals surface area contributed by atoms with Crippen LogP contribution in [0.1, 0.15) is 13.8 Å². The Labute approximate surface area is 217 Å². The number of hydrogen-bond donors (Lipinski definition) is 6. The van der Waals surface area contributed by atoms with E-state index in [-0.39, 0.29) is 6.41 Å². The molecule has 21 heteroatoms. The summed E-state index contributed by atoms with van der Waals surface area (Å²) in [7, 11) is -7.22. The zero-order chi connectivity index (χ0) is 28.6. The molecule has 38 heavy (non-hydrogen) atoms. The van der Waals surface area contributed by atoms with Crippen LogP contribution >= 0.6 is 25.8 Å². The van der Waals surface area contributed by atoms with Gasteiger partial charge in [-0.25, -0.2) is 12.9 Å². The number of carbonyl (C=O) groups excluding carboxylic acids is 3. The van der Waals surface area contributed by atoms with Crippen LogP contribution in [0, 0.1) is 0 Å². The van der Waals surface area contributed by atoms with Crippen LogP contribution in [0.4, 0.5) is 13.2 Å². The van der Waals surface area contributed by atoms with Crippen LogP contribution in [0.3, 0.4) is 0 Å². The first kappa shape index (κ1) is 32.8. The van der Waals surface area contributed by atoms with Gasteiger partial charge in [0.05, 0.1) is 18.7 Å². The SMILES string of the molecule is CC(C)=CCN(C/C(=C/NC=O)C(=O)NC1OC(COP2OP(O)OP(O)O2)C(O)C1O)C(=O)C(F)(F)F. The van der Waals surface area contributed by atoms with E-state index in [1.165, 1.54) is 6.08 Å². The number of amides is 3. The van der Waals surface area contributed by atoms with Crippen molar-refractivity contribution in [3.63, 3.8) is 0 Å². The summed E-state index contributed by atoms with van der Waals surface area (Å²) in [5, 5.41) is 24.7. The van der Waals surface area contributed by atoms with E-state index in [0.29, 0.717) is 10.5 Å². The Morgan fingerprint density at radius 3 is 2.29 bits per heavy atom. The van der Waals surface area contributed by atoms with Crippen LogP contribution in [0.5, 0.6) is 0 Å². The van der Waals surface area contributed by atoms with Crippen LogP contribution in [-0.4, -0.2) is 93.5 Å². The third kappa shape index (κ3) is 9.97. The van der Waals surface area contributed by atoms with Crippen molar-refractivity contribution in [1.82, 2.24) is 15.5 Å². The van der Waals surface area contributed by atoms with Crippen molar-refractivity contribution >= 4 is 44.0 Å². The third-order valence-corrected chi connectivity index (χ3v) is 8.28. The van der Waals surface area contributed by atoms with Gasteiger partial charge in [0, 0.05) is 12.7 Å². The Morgan fingerprint density at radius 2 is 1.74 bits per heavy atom. The molecule has 0 radical (unpaired) electrons. The van der Waals surface area contributed by atoms with Gasteiger partial charge < -0.3 is 44.8 Å². The summed E-state index contributed by atoms with van der Waals surface area (Å²) in [5.41, 5.74) is 0.0850. The predicted molar refractivity (Wildman–Crippen MR) is 123 cm³/mol. The molecule has 0 aliphatic carbocycles. The van der Waals surface area contributed by atoms with E-state index in [1.807, 2.05) is 5.32 Å². The third-order valence-electron chi connectivity index (χ3n) is 4.62. The molecule has 3 amide bonds. The maximum atomic E-state index is 13.1. The number of carbonyl (C=O) groups is 3. The average molecular weight is 613 g/mol. The molecule has 2 heterocycles. The molecule has 6 unspecified atom stereocenters. The zero-order valence-electron chi connectivity index (χ0n) is 19.6. The molecule has 6 atom stereocenters. The number of rotatable bonds is 11. The number of aliphatic hydroxyl groups excluding tert-OH is 2. The Hall–Kier alpha value is -1.39. The molecule has 2 aliphatic rings. The lowest BCUT2D eigenvalue weighted by Crippen LogP contribution is -2.47. The van der Waals surface area contributed by atoms with Crippen LogP contribution < -0.4 is 10.6 Å². The van der Waals surface area contributed by atoms with Crippen molar-refractivity contribution in [3.05, 3.63) is 23.4 Å². The molecule has 0 bridgehead atoms. The van der Waals surface area contributed by atoms with Gasteiger partial charge in [0.15, 0.2) is 6.23 Å². The smallest absolute Gasteiger partial charge is 0.387 e. The maximum absolute atomic E-state index is 13.1. The second kappa shape index (κ2) is 14.8. The van der Waals surface area contributed by atoms with Gasteiger partial charge in [-0.3, -0.25) is 14.4 Å². The molecule has 0 saturated carbocycles. The number of nitrogens with one attached hydrogen (secondary N) is 2. The number of ether oxygens (including phenoxy) is 1. The maximum Gasteiger partial charge on any atom is 0.471 e. The summed E-state index contributed by atoms with van der Waals surface area (Å²) in [6.07, 6.45) is -9.27. The highest BCUT2D eigenvalue weighted by Crippen LogP contribution is 2.69. The lowest BCUT2D eigenvalue weighted by molar-refractivity contribution is -0.184. The Bertz CT molecular complexity index is 900. The lowest BCUT2D eigenvalue weighted by Gasteiger charge is -2.26. The highest BCUT2D eigenvalue weighted by atomic mass is 31.3. The lowest BCUT2D eigenvalue weighted by atomic mass is 10.1. The van der Waals surface area contributed by atoms with E-state index in [9.17, 15) is 47.6 Å². The summed E-state index contributed by atoms with van der Waals surface area (Å²) in [5.74, 6) is -3.37. The van der Waals surface area contributed by atoms with Crippen molar-refractivity contribution in [3.8, 4) is 0 Å². The largest absolute Gasteiger partial charge is 0.471 e. The van der Waals surface area contributed by atoms with Crippen molar-refractivity contribution in [2.24, 2.45) is 0 Å². The van der Waals surface area contributed by atoms with Gasteiger partial charge in [-0.05, 0) is 13.8 Å². The molecule has 6 N–H and O–H groups in total. The van der Waals surface area contributed by atoms with Crippen LogP contribution in [0.2, 0.25) is 0 Å². The highest BCUT2D eigenvalue weighted by molar-refractivity contribution is 7.68. The fourth-order valence-electron chi connectivity index (χ4n) is 2.84. The summed E-state index contributed by atoms with van der Waals surface area (Å²) in [6, 6.07) is 0. The molecular formula is C17H25F3N3O12P3. The van der Waals surface area contributed by atoms with Gasteiger partial charge in [0.2, 0.25) is 6.41 Å². The molecule has 2 aliphatic heterocycles. The number of hydrogen-bond acceptors (Lipinski definition) is 12. The first-order valence-corrected chi connectivity index (χ1v) is 13.7. The van der Waals surface area contributed by atoms with Crippen LogP contribution in [0.25, 0.3) is 0 Å². The minimum absolute atomic E-state index is 0.135. The van der Waals surface area contributed by atoms with Crippen LogP contribution in [-0.2, 0) is 36.6 Å². The van der Waals surface area contributed by atoms with Crippen molar-refractivity contribution < 1.29 is 69.7 Å². The van der Waals surface area contributed by atoms with Crippen molar-refractivity contribution in [2.45, 2.75) is 44.6 Å². The summed E-state index contributed by atoms with van der Waals surface area (Å²) < 4.78 is 63.9. The molecule has 2 saturated heterocycles. The summed E-state index contributed by atoms with van der Waals surface area (Å²) in [4.78, 5) is 54.4. The molecule has 2 rings (SSSR count). The molecule has 0 spiro atoms. The first-order chi connectivity index (χ1) is 17.7. The molecule has 216 valence electrons. The van der Waals surface area contributed by atoms with Gasteiger partial charge in [0.1, 0.15) is 18.3 Å². The standard InChI is InChI=1S/C17H25F3N3O12P3/c1-9(2)3-4-23(16(28)17(18,19)20)6-10(5-21-8-24)14(27)22-15-13(26)12(25)11(32-15)7-31-38-34-36(29)33-37(30)35-38/h3,5,8,11-13,15,25-26,29-30H,4,6-7H2,1-2H3,(H,21,24)(H,22,27)/b10-5-. The number of nitrogens with zero attached hydrogens (tertiary/aromatic N) is 1.